The summed E-state index contributed by atoms with van der Waals surface area (Å²) in [5.41, 5.74) is 7.56. The second-order valence-electron chi connectivity index (χ2n) is 5.83. The van der Waals surface area contributed by atoms with E-state index in [-0.39, 0.29) is 0 Å². The van der Waals surface area contributed by atoms with Gasteiger partial charge in [-0.05, 0) is 68.0 Å². The molecule has 21 heavy (non-hydrogen) atoms. The van der Waals surface area contributed by atoms with Crippen LogP contribution < -0.4 is 4.74 Å². The standard InChI is InChI=1S/C19H24O2/c1-11-7-8-16(19(21-6)15(11)5)18(20)17-10-13(3)12(2)9-14(17)4/h7-10,18,20H,1-6H3. The Labute approximate surface area is 127 Å². The van der Waals surface area contributed by atoms with Gasteiger partial charge >= 0.3 is 0 Å². The molecule has 0 aliphatic carbocycles. The van der Waals surface area contributed by atoms with E-state index in [1.165, 1.54) is 16.7 Å². The molecule has 0 amide bonds. The summed E-state index contributed by atoms with van der Waals surface area (Å²) in [5.74, 6) is 0.778. The van der Waals surface area contributed by atoms with Gasteiger partial charge in [-0.15, -0.1) is 0 Å². The van der Waals surface area contributed by atoms with Crippen LogP contribution in [0.4, 0.5) is 0 Å². The Morgan fingerprint density at radius 2 is 1.43 bits per heavy atom. The third kappa shape index (κ3) is 2.81. The second-order valence-corrected chi connectivity index (χ2v) is 5.83. The first kappa shape index (κ1) is 15.6. The Morgan fingerprint density at radius 1 is 0.810 bits per heavy atom. The van der Waals surface area contributed by atoms with Crippen LogP contribution in [-0.4, -0.2) is 12.2 Å². The summed E-state index contributed by atoms with van der Waals surface area (Å²) in [6, 6.07) is 8.19. The zero-order valence-corrected chi connectivity index (χ0v) is 13.7. The van der Waals surface area contributed by atoms with Crippen LogP contribution in [0, 0.1) is 34.6 Å². The van der Waals surface area contributed by atoms with Crippen molar-refractivity contribution < 1.29 is 9.84 Å². The lowest BCUT2D eigenvalue weighted by atomic mass is 9.91. The summed E-state index contributed by atoms with van der Waals surface area (Å²) >= 11 is 0. The van der Waals surface area contributed by atoms with Crippen LogP contribution in [0.25, 0.3) is 0 Å². The van der Waals surface area contributed by atoms with Gasteiger partial charge in [-0.2, -0.15) is 0 Å². The van der Waals surface area contributed by atoms with Crippen molar-refractivity contribution in [2.45, 2.75) is 40.7 Å². The van der Waals surface area contributed by atoms with Crippen LogP contribution in [-0.2, 0) is 0 Å². The highest BCUT2D eigenvalue weighted by molar-refractivity contribution is 5.50. The summed E-state index contributed by atoms with van der Waals surface area (Å²) in [4.78, 5) is 0. The molecule has 0 heterocycles. The van der Waals surface area contributed by atoms with Gasteiger partial charge in [0, 0.05) is 5.56 Å². The highest BCUT2D eigenvalue weighted by atomic mass is 16.5. The van der Waals surface area contributed by atoms with Crippen molar-refractivity contribution in [3.8, 4) is 5.75 Å². The third-order valence-electron chi connectivity index (χ3n) is 4.38. The number of aliphatic hydroxyl groups is 1. The van der Waals surface area contributed by atoms with E-state index in [2.05, 4.69) is 32.9 Å². The Bertz CT molecular complexity index is 672. The summed E-state index contributed by atoms with van der Waals surface area (Å²) in [6.45, 7) is 10.3. The maximum Gasteiger partial charge on any atom is 0.128 e. The molecule has 2 rings (SSSR count). The first-order valence-corrected chi connectivity index (χ1v) is 7.26. The molecule has 0 saturated heterocycles. The molecule has 0 spiro atoms. The van der Waals surface area contributed by atoms with Crippen LogP contribution in [0.1, 0.15) is 45.0 Å². The van der Waals surface area contributed by atoms with Crippen molar-refractivity contribution in [2.75, 3.05) is 7.11 Å². The molecule has 1 N–H and O–H groups in total. The molecule has 1 atom stereocenters. The van der Waals surface area contributed by atoms with Crippen molar-refractivity contribution in [1.29, 1.82) is 0 Å². The molecule has 0 aliphatic rings. The number of aryl methyl sites for hydroxylation is 4. The van der Waals surface area contributed by atoms with Gasteiger partial charge in [0.1, 0.15) is 11.9 Å². The zero-order chi connectivity index (χ0) is 15.7. The van der Waals surface area contributed by atoms with Crippen LogP contribution in [0.5, 0.6) is 5.75 Å². The van der Waals surface area contributed by atoms with Crippen molar-refractivity contribution in [3.63, 3.8) is 0 Å². The molecule has 0 bridgehead atoms. The summed E-state index contributed by atoms with van der Waals surface area (Å²) in [7, 11) is 1.66. The van der Waals surface area contributed by atoms with Crippen LogP contribution >= 0.6 is 0 Å². The number of aliphatic hydroxyl groups excluding tert-OH is 1. The van der Waals surface area contributed by atoms with Crippen molar-refractivity contribution >= 4 is 0 Å². The van der Waals surface area contributed by atoms with Gasteiger partial charge in [0.15, 0.2) is 0 Å². The fourth-order valence-electron chi connectivity index (χ4n) is 2.74. The van der Waals surface area contributed by atoms with E-state index in [0.717, 1.165) is 28.0 Å². The highest BCUT2D eigenvalue weighted by Gasteiger charge is 2.20. The molecule has 0 fully saturated rings. The van der Waals surface area contributed by atoms with E-state index >= 15 is 0 Å². The average molecular weight is 284 g/mol. The molecule has 2 aromatic rings. The number of hydrogen-bond acceptors (Lipinski definition) is 2. The lowest BCUT2D eigenvalue weighted by Crippen LogP contribution is -2.07. The quantitative estimate of drug-likeness (QED) is 0.909. The smallest absolute Gasteiger partial charge is 0.128 e. The van der Waals surface area contributed by atoms with Gasteiger partial charge in [0.2, 0.25) is 0 Å². The maximum atomic E-state index is 10.8. The summed E-state index contributed by atoms with van der Waals surface area (Å²) in [5, 5.41) is 10.8. The van der Waals surface area contributed by atoms with E-state index < -0.39 is 6.10 Å². The Hall–Kier alpha value is -1.80. The molecule has 112 valence electrons. The van der Waals surface area contributed by atoms with Crippen molar-refractivity contribution in [2.24, 2.45) is 0 Å². The van der Waals surface area contributed by atoms with E-state index in [1.807, 2.05) is 26.0 Å². The minimum atomic E-state index is -0.668. The number of hydrogen-bond donors (Lipinski definition) is 1. The molecule has 0 aliphatic heterocycles. The molecule has 2 heteroatoms. The Kier molecular flexibility index (Phi) is 4.38. The molecule has 0 saturated carbocycles. The van der Waals surface area contributed by atoms with E-state index in [9.17, 15) is 5.11 Å². The SMILES string of the molecule is COc1c(C(O)c2cc(C)c(C)cc2C)ccc(C)c1C. The number of methoxy groups -OCH3 is 1. The first-order valence-electron chi connectivity index (χ1n) is 7.26. The number of rotatable bonds is 3. The molecular formula is C19H24O2. The molecule has 2 aromatic carbocycles. The summed E-state index contributed by atoms with van der Waals surface area (Å²) in [6.07, 6.45) is -0.668. The Balaban J connectivity index is 2.57. The van der Waals surface area contributed by atoms with Gasteiger partial charge < -0.3 is 9.84 Å². The monoisotopic (exact) mass is 284 g/mol. The number of ether oxygens (including phenoxy) is 1. The molecular weight excluding hydrogens is 260 g/mol. The van der Waals surface area contributed by atoms with Crippen LogP contribution in [0.15, 0.2) is 24.3 Å². The van der Waals surface area contributed by atoms with Gasteiger partial charge in [-0.25, -0.2) is 0 Å². The Morgan fingerprint density at radius 3 is 2.05 bits per heavy atom. The van der Waals surface area contributed by atoms with Crippen LogP contribution in [0.2, 0.25) is 0 Å². The fourth-order valence-corrected chi connectivity index (χ4v) is 2.74. The van der Waals surface area contributed by atoms with E-state index in [1.54, 1.807) is 7.11 Å². The van der Waals surface area contributed by atoms with Crippen molar-refractivity contribution in [1.82, 2.24) is 0 Å². The molecule has 0 radical (unpaired) electrons. The van der Waals surface area contributed by atoms with E-state index in [0.29, 0.717) is 0 Å². The minimum Gasteiger partial charge on any atom is -0.496 e. The molecule has 1 unspecified atom stereocenters. The topological polar surface area (TPSA) is 29.5 Å². The number of benzene rings is 2. The summed E-state index contributed by atoms with van der Waals surface area (Å²) < 4.78 is 5.53. The lowest BCUT2D eigenvalue weighted by molar-refractivity contribution is 0.213. The maximum absolute atomic E-state index is 10.8. The predicted octanol–water partition coefficient (Wildman–Crippen LogP) is 4.32. The lowest BCUT2D eigenvalue weighted by Gasteiger charge is -2.20. The first-order chi connectivity index (χ1) is 9.86. The van der Waals surface area contributed by atoms with Gasteiger partial charge in [-0.3, -0.25) is 0 Å². The fraction of sp³-hybridized carbons (Fsp3) is 0.368. The largest absolute Gasteiger partial charge is 0.496 e. The second kappa shape index (κ2) is 5.90. The highest BCUT2D eigenvalue weighted by Crippen LogP contribution is 2.35. The van der Waals surface area contributed by atoms with E-state index in [4.69, 9.17) is 4.74 Å². The predicted molar refractivity (Wildman–Crippen MR) is 87.2 cm³/mol. The van der Waals surface area contributed by atoms with Gasteiger partial charge in [0.05, 0.1) is 7.11 Å². The van der Waals surface area contributed by atoms with Gasteiger partial charge in [0.25, 0.3) is 0 Å². The zero-order valence-electron chi connectivity index (χ0n) is 13.7. The normalized spacial score (nSPS) is 12.3. The van der Waals surface area contributed by atoms with Gasteiger partial charge in [-0.1, -0.05) is 24.3 Å². The van der Waals surface area contributed by atoms with Crippen LogP contribution in [0.3, 0.4) is 0 Å². The molecule has 0 aromatic heterocycles. The third-order valence-corrected chi connectivity index (χ3v) is 4.38. The molecule has 2 nitrogen and oxygen atoms in total. The van der Waals surface area contributed by atoms with Crippen molar-refractivity contribution in [3.05, 3.63) is 63.2 Å². The minimum absolute atomic E-state index is 0.668. The average Bonchev–Trinajstić information content (AvgIpc) is 2.45.